The number of rotatable bonds is 3. The van der Waals surface area contributed by atoms with Crippen LogP contribution in [-0.2, 0) is 4.74 Å². The monoisotopic (exact) mass is 350 g/mol. The number of nitrogens with zero attached hydrogens (tertiary/aromatic N) is 2. The fourth-order valence-electron chi connectivity index (χ4n) is 2.71. The Bertz CT molecular complexity index is 829. The smallest absolute Gasteiger partial charge is 0.410 e. The summed E-state index contributed by atoms with van der Waals surface area (Å²) in [5.74, 6) is 0.712. The fraction of sp³-hybridized carbons (Fsp3) is 0.333. The molecule has 2 aromatic carbocycles. The Morgan fingerprint density at radius 3 is 2.46 bits per heavy atom. The van der Waals surface area contributed by atoms with Gasteiger partial charge < -0.3 is 14.4 Å². The lowest BCUT2D eigenvalue weighted by Crippen LogP contribution is -2.57. The fourth-order valence-corrected chi connectivity index (χ4v) is 2.71. The third-order valence-corrected chi connectivity index (χ3v) is 3.99. The zero-order chi connectivity index (χ0) is 18.7. The molecule has 1 fully saturated rings. The Morgan fingerprint density at radius 2 is 1.85 bits per heavy atom. The Hall–Kier alpha value is -3.00. The quantitative estimate of drug-likeness (QED) is 0.831. The van der Waals surface area contributed by atoms with E-state index in [1.54, 1.807) is 11.0 Å². The molecule has 5 nitrogen and oxygen atoms in total. The van der Waals surface area contributed by atoms with Crippen molar-refractivity contribution >= 4 is 6.09 Å². The van der Waals surface area contributed by atoms with E-state index in [1.165, 1.54) is 0 Å². The highest BCUT2D eigenvalue weighted by Crippen LogP contribution is 2.33. The molecule has 0 atom stereocenters. The first-order chi connectivity index (χ1) is 12.4. The Morgan fingerprint density at radius 1 is 1.15 bits per heavy atom. The predicted octanol–water partition coefficient (Wildman–Crippen LogP) is 4.22. The van der Waals surface area contributed by atoms with Gasteiger partial charge >= 0.3 is 6.09 Å². The molecule has 0 spiro atoms. The lowest BCUT2D eigenvalue weighted by atomic mass is 10.0. The van der Waals surface area contributed by atoms with Gasteiger partial charge in [0.05, 0.1) is 24.7 Å². The summed E-state index contributed by atoms with van der Waals surface area (Å²) >= 11 is 0. The van der Waals surface area contributed by atoms with Crippen LogP contribution in [0.25, 0.3) is 11.1 Å². The average Bonchev–Trinajstić information content (AvgIpc) is 2.57. The van der Waals surface area contributed by atoms with Gasteiger partial charge in [-0.3, -0.25) is 0 Å². The van der Waals surface area contributed by atoms with Crippen LogP contribution in [0.3, 0.4) is 0 Å². The average molecular weight is 350 g/mol. The van der Waals surface area contributed by atoms with Gasteiger partial charge in [-0.1, -0.05) is 30.3 Å². The van der Waals surface area contributed by atoms with Crippen LogP contribution in [0.1, 0.15) is 26.3 Å². The van der Waals surface area contributed by atoms with Crippen molar-refractivity contribution in [2.45, 2.75) is 32.5 Å². The highest BCUT2D eigenvalue weighted by molar-refractivity contribution is 5.72. The molecule has 2 aromatic rings. The topological polar surface area (TPSA) is 62.6 Å². The highest BCUT2D eigenvalue weighted by atomic mass is 16.6. The molecule has 0 saturated carbocycles. The van der Waals surface area contributed by atoms with Crippen LogP contribution in [0.2, 0.25) is 0 Å². The molecule has 0 unspecified atom stereocenters. The standard InChI is InChI=1S/C21H22N2O3/c1-21(2,3)26-20(24)23-13-17(14-23)25-19-10-9-15(12-22)11-18(19)16-7-5-4-6-8-16/h4-11,17H,13-14H2,1-3H3. The van der Waals surface area contributed by atoms with Gasteiger partial charge in [-0.25, -0.2) is 4.79 Å². The predicted molar refractivity (Wildman–Crippen MR) is 98.8 cm³/mol. The Kier molecular flexibility index (Phi) is 4.85. The summed E-state index contributed by atoms with van der Waals surface area (Å²) in [7, 11) is 0. The minimum Gasteiger partial charge on any atom is -0.486 e. The van der Waals surface area contributed by atoms with Crippen molar-refractivity contribution in [2.24, 2.45) is 0 Å². The number of hydrogen-bond acceptors (Lipinski definition) is 4. The number of hydrogen-bond donors (Lipinski definition) is 0. The highest BCUT2D eigenvalue weighted by Gasteiger charge is 2.35. The van der Waals surface area contributed by atoms with Crippen molar-refractivity contribution in [3.8, 4) is 22.9 Å². The van der Waals surface area contributed by atoms with Gasteiger partial charge in [-0.05, 0) is 44.5 Å². The van der Waals surface area contributed by atoms with Gasteiger partial charge in [0.1, 0.15) is 17.5 Å². The van der Waals surface area contributed by atoms with Crippen molar-refractivity contribution in [2.75, 3.05) is 13.1 Å². The summed E-state index contributed by atoms with van der Waals surface area (Å²) in [4.78, 5) is 13.6. The molecule has 1 saturated heterocycles. The van der Waals surface area contributed by atoms with Gasteiger partial charge in [0.25, 0.3) is 0 Å². The van der Waals surface area contributed by atoms with E-state index in [0.29, 0.717) is 24.4 Å². The molecule has 0 radical (unpaired) electrons. The molecule has 1 heterocycles. The van der Waals surface area contributed by atoms with E-state index in [1.807, 2.05) is 63.2 Å². The van der Waals surface area contributed by atoms with Crippen molar-refractivity contribution in [3.63, 3.8) is 0 Å². The summed E-state index contributed by atoms with van der Waals surface area (Å²) in [5, 5.41) is 9.18. The first kappa shape index (κ1) is 17.8. The number of carbonyl (C=O) groups is 1. The van der Waals surface area contributed by atoms with E-state index < -0.39 is 5.60 Å². The first-order valence-electron chi connectivity index (χ1n) is 8.60. The number of benzene rings is 2. The van der Waals surface area contributed by atoms with E-state index in [-0.39, 0.29) is 12.2 Å². The maximum absolute atomic E-state index is 12.0. The molecule has 0 bridgehead atoms. The van der Waals surface area contributed by atoms with Crippen LogP contribution < -0.4 is 4.74 Å². The van der Waals surface area contributed by atoms with E-state index in [2.05, 4.69) is 6.07 Å². The Labute approximate surface area is 153 Å². The van der Waals surface area contributed by atoms with Crippen molar-refractivity contribution in [1.82, 2.24) is 4.90 Å². The summed E-state index contributed by atoms with van der Waals surface area (Å²) in [6, 6.07) is 17.4. The molecule has 0 aliphatic carbocycles. The number of carbonyl (C=O) groups excluding carboxylic acids is 1. The second kappa shape index (κ2) is 7.09. The zero-order valence-corrected chi connectivity index (χ0v) is 15.2. The van der Waals surface area contributed by atoms with Gasteiger partial charge in [0, 0.05) is 5.56 Å². The minimum atomic E-state index is -0.503. The second-order valence-electron chi connectivity index (χ2n) is 7.31. The summed E-state index contributed by atoms with van der Waals surface area (Å²) in [6.45, 7) is 6.52. The Balaban J connectivity index is 1.70. The number of likely N-dealkylation sites (tertiary alicyclic amines) is 1. The normalized spacial score (nSPS) is 14.3. The van der Waals surface area contributed by atoms with Crippen LogP contribution in [0.4, 0.5) is 4.79 Å². The lowest BCUT2D eigenvalue weighted by Gasteiger charge is -2.39. The van der Waals surface area contributed by atoms with Crippen molar-refractivity contribution in [3.05, 3.63) is 54.1 Å². The van der Waals surface area contributed by atoms with Gasteiger partial charge in [-0.15, -0.1) is 0 Å². The molecule has 5 heteroatoms. The molecular formula is C21H22N2O3. The van der Waals surface area contributed by atoms with Crippen LogP contribution in [-0.4, -0.2) is 35.8 Å². The summed E-state index contributed by atoms with van der Waals surface area (Å²) in [6.07, 6.45) is -0.404. The van der Waals surface area contributed by atoms with Crippen LogP contribution in [0.15, 0.2) is 48.5 Å². The lowest BCUT2D eigenvalue weighted by molar-refractivity contribution is -0.0220. The minimum absolute atomic E-state index is 0.0853. The molecule has 1 amide bonds. The van der Waals surface area contributed by atoms with Gasteiger partial charge in [0.2, 0.25) is 0 Å². The van der Waals surface area contributed by atoms with E-state index in [0.717, 1.165) is 11.1 Å². The van der Waals surface area contributed by atoms with Crippen LogP contribution in [0.5, 0.6) is 5.75 Å². The largest absolute Gasteiger partial charge is 0.486 e. The summed E-state index contributed by atoms with van der Waals surface area (Å²) in [5.41, 5.74) is 1.94. The number of amides is 1. The second-order valence-corrected chi connectivity index (χ2v) is 7.31. The van der Waals surface area contributed by atoms with Crippen LogP contribution >= 0.6 is 0 Å². The van der Waals surface area contributed by atoms with Crippen LogP contribution in [0, 0.1) is 11.3 Å². The molecule has 134 valence electrons. The summed E-state index contributed by atoms with van der Waals surface area (Å²) < 4.78 is 11.4. The maximum atomic E-state index is 12.0. The molecule has 1 aliphatic rings. The number of nitriles is 1. The maximum Gasteiger partial charge on any atom is 0.410 e. The third-order valence-electron chi connectivity index (χ3n) is 3.99. The van der Waals surface area contributed by atoms with E-state index >= 15 is 0 Å². The SMILES string of the molecule is CC(C)(C)OC(=O)N1CC(Oc2ccc(C#N)cc2-c2ccccc2)C1. The van der Waals surface area contributed by atoms with E-state index in [9.17, 15) is 10.1 Å². The first-order valence-corrected chi connectivity index (χ1v) is 8.60. The molecule has 3 rings (SSSR count). The van der Waals surface area contributed by atoms with Crippen molar-refractivity contribution in [1.29, 1.82) is 5.26 Å². The van der Waals surface area contributed by atoms with Crippen molar-refractivity contribution < 1.29 is 14.3 Å². The molecule has 26 heavy (non-hydrogen) atoms. The molecule has 0 aromatic heterocycles. The third kappa shape index (κ3) is 4.15. The number of ether oxygens (including phenoxy) is 2. The molecule has 0 N–H and O–H groups in total. The molecular weight excluding hydrogens is 328 g/mol. The van der Waals surface area contributed by atoms with Gasteiger partial charge in [-0.2, -0.15) is 5.26 Å². The van der Waals surface area contributed by atoms with Gasteiger partial charge in [0.15, 0.2) is 0 Å². The zero-order valence-electron chi connectivity index (χ0n) is 15.2. The van der Waals surface area contributed by atoms with E-state index in [4.69, 9.17) is 9.47 Å². The molecule has 1 aliphatic heterocycles.